The number of amides is 1. The van der Waals surface area contributed by atoms with E-state index in [0.717, 1.165) is 42.6 Å². The van der Waals surface area contributed by atoms with Gasteiger partial charge in [-0.15, -0.1) is 0 Å². The lowest BCUT2D eigenvalue weighted by atomic mass is 9.92. The van der Waals surface area contributed by atoms with Crippen molar-refractivity contribution in [3.8, 4) is 11.5 Å². The zero-order valence-electron chi connectivity index (χ0n) is 19.6. The van der Waals surface area contributed by atoms with Gasteiger partial charge in [-0.05, 0) is 60.2 Å². The van der Waals surface area contributed by atoms with Gasteiger partial charge in [0.2, 0.25) is 0 Å². The minimum atomic E-state index is -0.659. The summed E-state index contributed by atoms with van der Waals surface area (Å²) >= 11 is 0. The lowest BCUT2D eigenvalue weighted by molar-refractivity contribution is -0.141. The minimum Gasteiger partial charge on any atom is -0.507 e. The molecular formula is C27H31NO5. The maximum atomic E-state index is 13.3. The van der Waals surface area contributed by atoms with E-state index in [1.54, 1.807) is 31.3 Å². The summed E-state index contributed by atoms with van der Waals surface area (Å²) in [6.45, 7) is 4.08. The first kappa shape index (κ1) is 22.9. The van der Waals surface area contributed by atoms with Crippen LogP contribution < -0.4 is 9.47 Å². The fourth-order valence-electron chi connectivity index (χ4n) is 5.04. The summed E-state index contributed by atoms with van der Waals surface area (Å²) < 4.78 is 10.9. The lowest BCUT2D eigenvalue weighted by Crippen LogP contribution is -2.37. The fraction of sp³-hybridized carbons (Fsp3) is 0.407. The van der Waals surface area contributed by atoms with Gasteiger partial charge in [0.25, 0.3) is 11.7 Å². The molecule has 1 aliphatic carbocycles. The fourth-order valence-corrected chi connectivity index (χ4v) is 5.04. The van der Waals surface area contributed by atoms with Crippen molar-refractivity contribution in [3.63, 3.8) is 0 Å². The summed E-state index contributed by atoms with van der Waals surface area (Å²) in [5.74, 6) is 0.158. The van der Waals surface area contributed by atoms with Gasteiger partial charge in [0.05, 0.1) is 25.8 Å². The third kappa shape index (κ3) is 4.10. The van der Waals surface area contributed by atoms with Gasteiger partial charge >= 0.3 is 0 Å². The van der Waals surface area contributed by atoms with Gasteiger partial charge < -0.3 is 19.5 Å². The molecule has 33 heavy (non-hydrogen) atoms. The van der Waals surface area contributed by atoms with E-state index in [4.69, 9.17) is 9.47 Å². The van der Waals surface area contributed by atoms with Gasteiger partial charge in [0, 0.05) is 11.6 Å². The highest BCUT2D eigenvalue weighted by Crippen LogP contribution is 2.44. The Kier molecular flexibility index (Phi) is 6.45. The number of likely N-dealkylation sites (tertiary alicyclic amines) is 1. The summed E-state index contributed by atoms with van der Waals surface area (Å²) in [5.41, 5.74) is 2.29. The molecule has 1 saturated carbocycles. The van der Waals surface area contributed by atoms with Crippen LogP contribution in [0.2, 0.25) is 0 Å². The molecule has 6 nitrogen and oxygen atoms in total. The molecule has 174 valence electrons. The first-order valence-electron chi connectivity index (χ1n) is 11.5. The molecule has 1 unspecified atom stereocenters. The van der Waals surface area contributed by atoms with Crippen LogP contribution in [0.25, 0.3) is 5.76 Å². The number of methoxy groups -OCH3 is 2. The average molecular weight is 450 g/mol. The number of carbonyl (C=O) groups excluding carboxylic acids is 2. The zero-order valence-corrected chi connectivity index (χ0v) is 19.6. The number of Topliss-reactive ketones (excluding diaryl/α,β-unsaturated/α-hetero) is 1. The molecule has 6 heteroatoms. The summed E-state index contributed by atoms with van der Waals surface area (Å²) in [4.78, 5) is 28.2. The van der Waals surface area contributed by atoms with Crippen molar-refractivity contribution in [2.24, 2.45) is 0 Å². The molecule has 0 radical (unpaired) electrons. The number of benzene rings is 2. The van der Waals surface area contributed by atoms with Crippen LogP contribution in [0, 0.1) is 0 Å². The number of hydrogen-bond acceptors (Lipinski definition) is 5. The number of aliphatic hydroxyl groups is 1. The van der Waals surface area contributed by atoms with Crippen molar-refractivity contribution in [2.45, 2.75) is 57.5 Å². The van der Waals surface area contributed by atoms with E-state index in [0.29, 0.717) is 11.3 Å². The molecule has 2 fully saturated rings. The predicted octanol–water partition coefficient (Wildman–Crippen LogP) is 5.19. The van der Waals surface area contributed by atoms with E-state index in [9.17, 15) is 14.7 Å². The SMILES string of the molecule is COc1cccc(C2/C(=C(/O)c3ccc(OC)c(C(C)C)c3)C(=O)C(=O)N2C2CCCC2)c1. The Hall–Kier alpha value is -3.28. The zero-order chi connectivity index (χ0) is 23.7. The molecule has 1 N–H and O–H groups in total. The number of ether oxygens (including phenoxy) is 2. The first-order chi connectivity index (χ1) is 15.9. The third-order valence-corrected chi connectivity index (χ3v) is 6.73. The standard InChI is InChI=1S/C27H31NO5/c1-16(2)21-15-18(12-13-22(21)33-4)25(29)23-24(17-8-7-11-20(14-17)32-3)28(27(31)26(23)30)19-9-5-6-10-19/h7-8,11-16,19,24,29H,5-6,9-10H2,1-4H3/b25-23-. The number of ketones is 1. The molecule has 0 spiro atoms. The summed E-state index contributed by atoms with van der Waals surface area (Å²) in [5, 5.41) is 11.4. The van der Waals surface area contributed by atoms with Crippen LogP contribution in [0.3, 0.4) is 0 Å². The molecule has 0 aromatic heterocycles. The van der Waals surface area contributed by atoms with E-state index >= 15 is 0 Å². The number of rotatable bonds is 6. The van der Waals surface area contributed by atoms with Crippen LogP contribution in [-0.4, -0.2) is 42.0 Å². The van der Waals surface area contributed by atoms with Gasteiger partial charge in [-0.2, -0.15) is 0 Å². The Bertz CT molecular complexity index is 1100. The monoisotopic (exact) mass is 449 g/mol. The van der Waals surface area contributed by atoms with Crippen molar-refractivity contribution < 1.29 is 24.2 Å². The Labute approximate surface area is 194 Å². The highest BCUT2D eigenvalue weighted by molar-refractivity contribution is 6.46. The van der Waals surface area contributed by atoms with E-state index in [1.807, 2.05) is 44.2 Å². The molecule has 1 heterocycles. The van der Waals surface area contributed by atoms with Crippen LogP contribution in [0.5, 0.6) is 11.5 Å². The van der Waals surface area contributed by atoms with E-state index < -0.39 is 17.7 Å². The quantitative estimate of drug-likeness (QED) is 0.373. The maximum Gasteiger partial charge on any atom is 0.295 e. The summed E-state index contributed by atoms with van der Waals surface area (Å²) in [6, 6.07) is 12.0. The molecule has 1 aliphatic heterocycles. The maximum absolute atomic E-state index is 13.3. The van der Waals surface area contributed by atoms with Crippen LogP contribution >= 0.6 is 0 Å². The normalized spacial score (nSPS) is 20.6. The van der Waals surface area contributed by atoms with E-state index in [2.05, 4.69) is 0 Å². The molecule has 2 aromatic rings. The number of aliphatic hydroxyl groups excluding tert-OH is 1. The second kappa shape index (κ2) is 9.30. The molecule has 2 aromatic carbocycles. The second-order valence-corrected chi connectivity index (χ2v) is 9.03. The minimum absolute atomic E-state index is 0.0231. The number of hydrogen-bond donors (Lipinski definition) is 1. The topological polar surface area (TPSA) is 76.1 Å². The highest BCUT2D eigenvalue weighted by Gasteiger charge is 2.49. The molecule has 1 atom stereocenters. The first-order valence-corrected chi connectivity index (χ1v) is 11.5. The van der Waals surface area contributed by atoms with Gasteiger partial charge in [-0.3, -0.25) is 9.59 Å². The van der Waals surface area contributed by atoms with Gasteiger partial charge in [0.15, 0.2) is 0 Å². The van der Waals surface area contributed by atoms with Crippen LogP contribution in [0.1, 0.15) is 68.2 Å². The molecule has 2 aliphatic rings. The highest BCUT2D eigenvalue weighted by atomic mass is 16.5. The summed E-state index contributed by atoms with van der Waals surface area (Å²) in [7, 11) is 3.19. The van der Waals surface area contributed by atoms with Crippen molar-refractivity contribution in [1.29, 1.82) is 0 Å². The predicted molar refractivity (Wildman–Crippen MR) is 126 cm³/mol. The van der Waals surface area contributed by atoms with Crippen molar-refractivity contribution in [3.05, 3.63) is 64.7 Å². The molecule has 1 saturated heterocycles. The Morgan fingerprint density at radius 1 is 1.03 bits per heavy atom. The molecule has 0 bridgehead atoms. The van der Waals surface area contributed by atoms with Crippen molar-refractivity contribution >= 4 is 17.4 Å². The second-order valence-electron chi connectivity index (χ2n) is 9.03. The van der Waals surface area contributed by atoms with E-state index in [1.165, 1.54) is 0 Å². The van der Waals surface area contributed by atoms with Crippen molar-refractivity contribution in [1.82, 2.24) is 4.90 Å². The number of carbonyl (C=O) groups is 2. The van der Waals surface area contributed by atoms with Crippen molar-refractivity contribution in [2.75, 3.05) is 14.2 Å². The van der Waals surface area contributed by atoms with Crippen LogP contribution in [0.15, 0.2) is 48.0 Å². The van der Waals surface area contributed by atoms with Crippen LogP contribution in [0.4, 0.5) is 0 Å². The molecule has 4 rings (SSSR count). The third-order valence-electron chi connectivity index (χ3n) is 6.73. The van der Waals surface area contributed by atoms with Crippen LogP contribution in [-0.2, 0) is 9.59 Å². The van der Waals surface area contributed by atoms with Gasteiger partial charge in [-0.1, -0.05) is 38.8 Å². The molecule has 1 amide bonds. The smallest absolute Gasteiger partial charge is 0.295 e. The van der Waals surface area contributed by atoms with Gasteiger partial charge in [0.1, 0.15) is 17.3 Å². The Morgan fingerprint density at radius 2 is 1.76 bits per heavy atom. The Balaban J connectivity index is 1.90. The largest absolute Gasteiger partial charge is 0.507 e. The summed E-state index contributed by atoms with van der Waals surface area (Å²) in [6.07, 6.45) is 3.75. The van der Waals surface area contributed by atoms with E-state index in [-0.39, 0.29) is 23.3 Å². The van der Waals surface area contributed by atoms with Gasteiger partial charge in [-0.25, -0.2) is 0 Å². The number of nitrogens with zero attached hydrogens (tertiary/aromatic N) is 1. The Morgan fingerprint density at radius 3 is 2.39 bits per heavy atom. The molecular weight excluding hydrogens is 418 g/mol. The average Bonchev–Trinajstić information content (AvgIpc) is 3.45. The lowest BCUT2D eigenvalue weighted by Gasteiger charge is -2.31.